The van der Waals surface area contributed by atoms with Crippen LogP contribution in [0, 0.1) is 63.2 Å². The molecule has 4 saturated carbocycles. The van der Waals surface area contributed by atoms with Crippen molar-refractivity contribution in [3.63, 3.8) is 0 Å². The van der Waals surface area contributed by atoms with Crippen LogP contribution < -0.4 is 10.1 Å². The monoisotopic (exact) mass is 917 g/mol. The van der Waals surface area contributed by atoms with E-state index in [1.54, 1.807) is 18.2 Å². The summed E-state index contributed by atoms with van der Waals surface area (Å²) >= 11 is 0. The second-order valence-corrected chi connectivity index (χ2v) is 25.6. The summed E-state index contributed by atoms with van der Waals surface area (Å²) in [5.74, 6) is 3.92. The number of nitrogens with one attached hydrogen (secondary N) is 1. The molecule has 2 aromatic rings. The van der Waals surface area contributed by atoms with Crippen LogP contribution >= 0.6 is 0 Å². The van der Waals surface area contributed by atoms with Gasteiger partial charge in [-0.25, -0.2) is 8.42 Å². The van der Waals surface area contributed by atoms with Gasteiger partial charge in [0.1, 0.15) is 18.6 Å². The molecule has 1 aliphatic heterocycles. The fourth-order valence-corrected chi connectivity index (χ4v) is 17.5. The molecule has 0 bridgehead atoms. The molecule has 9 nitrogen and oxygen atoms in total. The molecule has 10 atom stereocenters. The second kappa shape index (κ2) is 17.6. The lowest BCUT2D eigenvalue weighted by Gasteiger charge is -2.72. The van der Waals surface area contributed by atoms with E-state index in [4.69, 9.17) is 16.0 Å². The van der Waals surface area contributed by atoms with Crippen molar-refractivity contribution in [2.45, 2.75) is 131 Å². The molecule has 1 aromatic heterocycles. The standard InChI is InChI=1S/C56H76N4O5S/c1-39(2)42-21-28-56(58-31-32-60-33-35-66(62,63)36-34-60)30-29-53(6)44(49(42)56)17-18-46-52(5)24-22-43(51(3,4)45(52)23-25-54(46,53)7)41-19-26-55(27-20-41,38-65-48-16-12-15-47(57-8)59-48)50(61)64-37-40-13-10-9-11-14-40/h9-16,19,22,42,44-46,49,58H,1,17-18,20-21,23-38H2,2-7H3/t42-,44+,45-,46+,49+,52-,53+,54+,55?,56-/m0/s1. The van der Waals surface area contributed by atoms with E-state index < -0.39 is 15.3 Å². The largest absolute Gasteiger partial charge is 0.460 e. The van der Waals surface area contributed by atoms with Gasteiger partial charge in [0.05, 0.1) is 11.5 Å². The summed E-state index contributed by atoms with van der Waals surface area (Å²) in [5, 5.41) is 4.24. The highest BCUT2D eigenvalue weighted by atomic mass is 32.2. The second-order valence-electron chi connectivity index (χ2n) is 23.3. The molecule has 1 saturated heterocycles. The lowest BCUT2D eigenvalue weighted by molar-refractivity contribution is -0.221. The van der Waals surface area contributed by atoms with Crippen LogP contribution in [0.3, 0.4) is 0 Å². The molecular formula is C56H76N4O5S. The summed E-state index contributed by atoms with van der Waals surface area (Å²) in [6.07, 6.45) is 17.9. The molecule has 1 N–H and O–H groups in total. The predicted molar refractivity (Wildman–Crippen MR) is 262 cm³/mol. The van der Waals surface area contributed by atoms with E-state index in [0.29, 0.717) is 61.4 Å². The summed E-state index contributed by atoms with van der Waals surface area (Å²) in [7, 11) is -2.89. The highest BCUT2D eigenvalue weighted by molar-refractivity contribution is 7.91. The molecule has 9 rings (SSSR count). The minimum atomic E-state index is -2.89. The zero-order chi connectivity index (χ0) is 46.8. The summed E-state index contributed by atoms with van der Waals surface area (Å²) in [5.41, 5.74) is 5.07. The van der Waals surface area contributed by atoms with Gasteiger partial charge >= 0.3 is 11.8 Å². The van der Waals surface area contributed by atoms with Crippen LogP contribution in [-0.2, 0) is 26.0 Å². The number of aromatic nitrogens is 1. The number of sulfone groups is 1. The van der Waals surface area contributed by atoms with Crippen molar-refractivity contribution in [3.05, 3.63) is 101 Å². The Morgan fingerprint density at radius 2 is 1.67 bits per heavy atom. The number of rotatable bonds is 12. The maximum atomic E-state index is 14.2. The minimum Gasteiger partial charge on any atom is -0.460 e. The number of carbonyl (C=O) groups excluding carboxylic acids is 1. The zero-order valence-corrected chi connectivity index (χ0v) is 41.6. The summed E-state index contributed by atoms with van der Waals surface area (Å²) < 4.78 is 36.6. The third-order valence-corrected chi connectivity index (χ3v) is 21.5. The van der Waals surface area contributed by atoms with Crippen LogP contribution in [0.5, 0.6) is 5.88 Å². The quantitative estimate of drug-likeness (QED) is 0.128. The van der Waals surface area contributed by atoms with Gasteiger partial charge in [0.2, 0.25) is 0 Å². The van der Waals surface area contributed by atoms with Gasteiger partial charge < -0.3 is 24.5 Å². The number of hydrogen-bond donors (Lipinski definition) is 1. The van der Waals surface area contributed by atoms with Crippen molar-refractivity contribution in [2.75, 3.05) is 44.3 Å². The minimum absolute atomic E-state index is 0.0208. The number of nitrogens with zero attached hydrogens (tertiary/aromatic N) is 3. The SMILES string of the molecule is [C-]#[N+]c1cccc(OCC2(C(=O)OCc3ccccc3)CC=C(C3=CC[C@]4(C)[C@H]5CC[C@@H]6[C@H]7[C@H](C(=C)C)CC[C@]7(NCCN7CCS(=O)(=O)CC7)CC[C@@]6(C)[C@]5(C)CC[C@H]4C3(C)C)CC2)n1. The fourth-order valence-electron chi connectivity index (χ4n) is 16.2. The Labute approximate surface area is 396 Å². The first kappa shape index (κ1) is 47.3. The number of fused-ring (bicyclic) bond motifs is 7. The van der Waals surface area contributed by atoms with Gasteiger partial charge in [0.15, 0.2) is 9.84 Å². The Morgan fingerprint density at radius 3 is 2.38 bits per heavy atom. The number of hydrogen-bond acceptors (Lipinski definition) is 8. The molecule has 66 heavy (non-hydrogen) atoms. The predicted octanol–water partition coefficient (Wildman–Crippen LogP) is 11.1. The summed E-state index contributed by atoms with van der Waals surface area (Å²) in [6, 6.07) is 15.0. The average molecular weight is 917 g/mol. The molecule has 1 aromatic carbocycles. The van der Waals surface area contributed by atoms with Crippen molar-refractivity contribution < 1.29 is 22.7 Å². The third-order valence-electron chi connectivity index (χ3n) is 19.9. The van der Waals surface area contributed by atoms with Gasteiger partial charge in [-0.1, -0.05) is 107 Å². The van der Waals surface area contributed by atoms with E-state index in [2.05, 4.69) is 80.3 Å². The van der Waals surface area contributed by atoms with Crippen molar-refractivity contribution >= 4 is 21.6 Å². The van der Waals surface area contributed by atoms with Gasteiger partial charge in [0.25, 0.3) is 5.82 Å². The van der Waals surface area contributed by atoms with Gasteiger partial charge in [-0.05, 0) is 158 Å². The molecule has 356 valence electrons. The average Bonchev–Trinajstić information content (AvgIpc) is 3.69. The maximum absolute atomic E-state index is 14.2. The Morgan fingerprint density at radius 1 is 0.894 bits per heavy atom. The lowest BCUT2D eigenvalue weighted by atomic mass is 9.33. The molecule has 10 heteroatoms. The van der Waals surface area contributed by atoms with Crippen molar-refractivity contribution in [1.29, 1.82) is 0 Å². The van der Waals surface area contributed by atoms with Crippen LogP contribution in [0.1, 0.15) is 124 Å². The first-order valence-electron chi connectivity index (χ1n) is 25.3. The summed E-state index contributed by atoms with van der Waals surface area (Å²) in [6.45, 7) is 31.0. The van der Waals surface area contributed by atoms with Gasteiger partial charge in [-0.3, -0.25) is 4.79 Å². The number of esters is 1. The molecule has 0 radical (unpaired) electrons. The topological polar surface area (TPSA) is 102 Å². The van der Waals surface area contributed by atoms with Crippen LogP contribution in [0.25, 0.3) is 4.85 Å². The van der Waals surface area contributed by atoms with Crippen molar-refractivity contribution in [1.82, 2.24) is 15.2 Å². The number of pyridine rings is 1. The van der Waals surface area contributed by atoms with E-state index in [9.17, 15) is 13.2 Å². The Hall–Kier alpha value is -3.78. The van der Waals surface area contributed by atoms with Crippen LogP contribution in [0.15, 0.2) is 84.0 Å². The zero-order valence-electron chi connectivity index (χ0n) is 40.8. The number of benzene rings is 1. The van der Waals surface area contributed by atoms with Crippen LogP contribution in [0.2, 0.25) is 0 Å². The molecule has 7 aliphatic rings. The normalized spacial score (nSPS) is 37.9. The molecule has 5 fully saturated rings. The van der Waals surface area contributed by atoms with Gasteiger partial charge in [-0.2, -0.15) is 0 Å². The van der Waals surface area contributed by atoms with E-state index in [-0.39, 0.29) is 63.7 Å². The molecule has 6 aliphatic carbocycles. The Kier molecular flexibility index (Phi) is 12.6. The number of carbonyl (C=O) groups is 1. The van der Waals surface area contributed by atoms with Crippen LogP contribution in [0.4, 0.5) is 5.82 Å². The molecular weight excluding hydrogens is 841 g/mol. The fraction of sp³-hybridized carbons (Fsp3) is 0.661. The highest BCUT2D eigenvalue weighted by Gasteiger charge is 2.70. The van der Waals surface area contributed by atoms with Gasteiger partial charge in [0, 0.05) is 37.8 Å². The molecule has 2 heterocycles. The van der Waals surface area contributed by atoms with Crippen molar-refractivity contribution in [2.24, 2.45) is 56.7 Å². The first-order chi connectivity index (χ1) is 31.4. The Bertz CT molecular complexity index is 2390. The number of allylic oxidation sites excluding steroid dienone is 5. The number of ether oxygens (including phenoxy) is 2. The van der Waals surface area contributed by atoms with E-state index in [1.165, 1.54) is 68.1 Å². The van der Waals surface area contributed by atoms with E-state index in [0.717, 1.165) is 31.5 Å². The molecule has 1 unspecified atom stereocenters. The maximum Gasteiger partial charge on any atom is 0.316 e. The Balaban J connectivity index is 0.936. The van der Waals surface area contributed by atoms with Crippen LogP contribution in [-0.4, -0.2) is 74.1 Å². The lowest BCUT2D eigenvalue weighted by Crippen LogP contribution is -2.68. The highest BCUT2D eigenvalue weighted by Crippen LogP contribution is 2.76. The summed E-state index contributed by atoms with van der Waals surface area (Å²) in [4.78, 5) is 24.4. The van der Waals surface area contributed by atoms with E-state index in [1.807, 2.05) is 30.3 Å². The van der Waals surface area contributed by atoms with E-state index >= 15 is 0 Å². The van der Waals surface area contributed by atoms with Crippen molar-refractivity contribution in [3.8, 4) is 5.88 Å². The molecule has 0 amide bonds. The van der Waals surface area contributed by atoms with Gasteiger partial charge in [-0.15, -0.1) is 0 Å². The molecule has 0 spiro atoms. The first-order valence-corrected chi connectivity index (χ1v) is 27.1. The third kappa shape index (κ3) is 8.13. The smallest absolute Gasteiger partial charge is 0.316 e.